The van der Waals surface area contributed by atoms with E-state index < -0.39 is 5.92 Å². The molecule has 1 aliphatic heterocycles. The summed E-state index contributed by atoms with van der Waals surface area (Å²) in [4.78, 5) is 14.3. The summed E-state index contributed by atoms with van der Waals surface area (Å²) in [6, 6.07) is 0. The van der Waals surface area contributed by atoms with Crippen LogP contribution in [0.2, 0.25) is 0 Å². The van der Waals surface area contributed by atoms with E-state index >= 15 is 0 Å². The largest absolute Gasteiger partial charge is 0.409 e. The van der Waals surface area contributed by atoms with E-state index in [0.29, 0.717) is 6.54 Å². The summed E-state index contributed by atoms with van der Waals surface area (Å²) in [5.74, 6) is -0.746. The van der Waals surface area contributed by atoms with Crippen molar-refractivity contribution in [3.8, 4) is 0 Å². The first-order valence-corrected chi connectivity index (χ1v) is 6.53. The second-order valence-corrected chi connectivity index (χ2v) is 5.09. The summed E-state index contributed by atoms with van der Waals surface area (Å²) in [5.41, 5.74) is 5.54. The second-order valence-electron chi connectivity index (χ2n) is 5.09. The smallest absolute Gasteiger partial charge is 0.231 e. The van der Waals surface area contributed by atoms with E-state index in [0.717, 1.165) is 19.6 Å². The molecule has 0 aliphatic carbocycles. The van der Waals surface area contributed by atoms with Crippen LogP contribution in [-0.4, -0.2) is 48.0 Å². The molecule has 0 radical (unpaired) electrons. The monoisotopic (exact) mass is 256 g/mol. The molecule has 1 saturated heterocycles. The maximum atomic E-state index is 12.0. The Labute approximate surface area is 108 Å². The van der Waals surface area contributed by atoms with Crippen LogP contribution < -0.4 is 11.1 Å². The molecule has 6 heteroatoms. The van der Waals surface area contributed by atoms with Gasteiger partial charge >= 0.3 is 0 Å². The Hall–Kier alpha value is -1.30. The van der Waals surface area contributed by atoms with Crippen molar-refractivity contribution in [2.45, 2.75) is 26.7 Å². The van der Waals surface area contributed by atoms with Gasteiger partial charge in [0, 0.05) is 13.1 Å². The number of carbonyl (C=O) groups is 1. The predicted octanol–water partition coefficient (Wildman–Crippen LogP) is 0.217. The molecule has 0 aromatic carbocycles. The SMILES string of the molecule is CC(C)C(C(=O)NCCN1CCCC1)/C(N)=N/O. The lowest BCUT2D eigenvalue weighted by Gasteiger charge is -2.20. The van der Waals surface area contributed by atoms with Crippen LogP contribution in [-0.2, 0) is 4.79 Å². The molecule has 0 spiro atoms. The van der Waals surface area contributed by atoms with Crippen LogP contribution in [0.3, 0.4) is 0 Å². The van der Waals surface area contributed by atoms with Gasteiger partial charge in [-0.3, -0.25) is 4.79 Å². The number of hydrogen-bond donors (Lipinski definition) is 3. The molecule has 0 aromatic rings. The van der Waals surface area contributed by atoms with E-state index in [1.165, 1.54) is 12.8 Å². The van der Waals surface area contributed by atoms with Gasteiger partial charge in [-0.05, 0) is 31.8 Å². The third kappa shape index (κ3) is 4.18. The first kappa shape index (κ1) is 14.8. The third-order valence-electron chi connectivity index (χ3n) is 3.31. The molecule has 6 nitrogen and oxygen atoms in total. The molecule has 1 heterocycles. The normalized spacial score (nSPS) is 19.2. The minimum Gasteiger partial charge on any atom is -0.409 e. The van der Waals surface area contributed by atoms with Crippen molar-refractivity contribution in [1.82, 2.24) is 10.2 Å². The number of likely N-dealkylation sites (tertiary alicyclic amines) is 1. The first-order chi connectivity index (χ1) is 8.56. The predicted molar refractivity (Wildman–Crippen MR) is 70.4 cm³/mol. The number of nitrogens with zero attached hydrogens (tertiary/aromatic N) is 2. The van der Waals surface area contributed by atoms with E-state index in [1.807, 2.05) is 13.8 Å². The molecule has 1 unspecified atom stereocenters. The molecule has 0 bridgehead atoms. The summed E-state index contributed by atoms with van der Waals surface area (Å²) in [6.45, 7) is 7.46. The molecule has 0 saturated carbocycles. The van der Waals surface area contributed by atoms with Crippen molar-refractivity contribution in [3.63, 3.8) is 0 Å². The van der Waals surface area contributed by atoms with Crippen LogP contribution in [0.15, 0.2) is 5.16 Å². The molecule has 1 fully saturated rings. The Bertz CT molecular complexity index is 298. The Morgan fingerprint density at radius 1 is 1.44 bits per heavy atom. The van der Waals surface area contributed by atoms with Gasteiger partial charge in [0.15, 0.2) is 5.84 Å². The van der Waals surface area contributed by atoms with Crippen molar-refractivity contribution < 1.29 is 10.0 Å². The zero-order valence-corrected chi connectivity index (χ0v) is 11.2. The standard InChI is InChI=1S/C12H24N4O2/c1-9(2)10(11(13)15-18)12(17)14-5-8-16-6-3-4-7-16/h9-10,18H,3-8H2,1-2H3,(H2,13,15)(H,14,17). The summed E-state index contributed by atoms with van der Waals surface area (Å²) < 4.78 is 0. The number of hydrogen-bond acceptors (Lipinski definition) is 4. The molecule has 1 atom stereocenters. The molecular weight excluding hydrogens is 232 g/mol. The van der Waals surface area contributed by atoms with Gasteiger partial charge in [-0.15, -0.1) is 0 Å². The molecule has 0 aromatic heterocycles. The van der Waals surface area contributed by atoms with E-state index in [-0.39, 0.29) is 17.7 Å². The van der Waals surface area contributed by atoms with Crippen molar-refractivity contribution >= 4 is 11.7 Å². The first-order valence-electron chi connectivity index (χ1n) is 6.53. The highest BCUT2D eigenvalue weighted by molar-refractivity contribution is 6.02. The maximum Gasteiger partial charge on any atom is 0.231 e. The quantitative estimate of drug-likeness (QED) is 0.274. The van der Waals surface area contributed by atoms with Crippen LogP contribution in [0.5, 0.6) is 0 Å². The molecule has 1 amide bonds. The minimum absolute atomic E-state index is 0.00712. The Morgan fingerprint density at radius 3 is 2.56 bits per heavy atom. The summed E-state index contributed by atoms with van der Waals surface area (Å²) in [7, 11) is 0. The number of carbonyl (C=O) groups excluding carboxylic acids is 1. The van der Waals surface area contributed by atoms with Crippen molar-refractivity contribution in [3.05, 3.63) is 0 Å². The summed E-state index contributed by atoms with van der Waals surface area (Å²) in [5, 5.41) is 14.5. The van der Waals surface area contributed by atoms with Gasteiger partial charge in [0.2, 0.25) is 5.91 Å². The van der Waals surface area contributed by atoms with Gasteiger partial charge < -0.3 is 21.2 Å². The van der Waals surface area contributed by atoms with E-state index in [2.05, 4.69) is 15.4 Å². The number of nitrogens with one attached hydrogen (secondary N) is 1. The average molecular weight is 256 g/mol. The Kier molecular flexibility index (Phi) is 5.91. The molecule has 104 valence electrons. The Balaban J connectivity index is 2.37. The number of nitrogens with two attached hydrogens (primary N) is 1. The van der Waals surface area contributed by atoms with Gasteiger partial charge in [0.1, 0.15) is 5.92 Å². The fraction of sp³-hybridized carbons (Fsp3) is 0.833. The van der Waals surface area contributed by atoms with Crippen molar-refractivity contribution in [1.29, 1.82) is 0 Å². The van der Waals surface area contributed by atoms with Crippen LogP contribution in [0.25, 0.3) is 0 Å². The summed E-state index contributed by atoms with van der Waals surface area (Å²) >= 11 is 0. The highest BCUT2D eigenvalue weighted by Crippen LogP contribution is 2.11. The highest BCUT2D eigenvalue weighted by Gasteiger charge is 2.26. The Morgan fingerprint density at radius 2 is 2.06 bits per heavy atom. The van der Waals surface area contributed by atoms with Crippen molar-refractivity contribution in [2.24, 2.45) is 22.7 Å². The number of rotatable bonds is 6. The molecule has 1 aliphatic rings. The lowest BCUT2D eigenvalue weighted by atomic mass is 9.94. The lowest BCUT2D eigenvalue weighted by molar-refractivity contribution is -0.124. The molecule has 4 N–H and O–H groups in total. The van der Waals surface area contributed by atoms with E-state index in [9.17, 15) is 4.79 Å². The highest BCUT2D eigenvalue weighted by atomic mass is 16.4. The zero-order chi connectivity index (χ0) is 13.5. The average Bonchev–Trinajstić information content (AvgIpc) is 2.81. The van der Waals surface area contributed by atoms with Crippen molar-refractivity contribution in [2.75, 3.05) is 26.2 Å². The fourth-order valence-corrected chi connectivity index (χ4v) is 2.29. The third-order valence-corrected chi connectivity index (χ3v) is 3.31. The van der Waals surface area contributed by atoms with Gasteiger partial charge in [-0.2, -0.15) is 0 Å². The maximum absolute atomic E-state index is 12.0. The van der Waals surface area contributed by atoms with Gasteiger partial charge in [0.25, 0.3) is 0 Å². The van der Waals surface area contributed by atoms with Crippen LogP contribution in [0, 0.1) is 11.8 Å². The van der Waals surface area contributed by atoms with Crippen LogP contribution in [0.1, 0.15) is 26.7 Å². The molecule has 18 heavy (non-hydrogen) atoms. The van der Waals surface area contributed by atoms with Gasteiger partial charge in [-0.1, -0.05) is 19.0 Å². The number of oxime groups is 1. The minimum atomic E-state index is -0.562. The van der Waals surface area contributed by atoms with Gasteiger partial charge in [0.05, 0.1) is 0 Å². The fourth-order valence-electron chi connectivity index (χ4n) is 2.29. The second kappa shape index (κ2) is 7.20. The van der Waals surface area contributed by atoms with E-state index in [1.54, 1.807) is 0 Å². The zero-order valence-electron chi connectivity index (χ0n) is 11.2. The number of amides is 1. The van der Waals surface area contributed by atoms with Crippen LogP contribution >= 0.6 is 0 Å². The number of amidine groups is 1. The van der Waals surface area contributed by atoms with Crippen LogP contribution in [0.4, 0.5) is 0 Å². The topological polar surface area (TPSA) is 91.0 Å². The van der Waals surface area contributed by atoms with E-state index in [4.69, 9.17) is 10.9 Å². The van der Waals surface area contributed by atoms with Gasteiger partial charge in [-0.25, -0.2) is 0 Å². The lowest BCUT2D eigenvalue weighted by Crippen LogP contribution is -2.44. The molecular formula is C12H24N4O2. The summed E-state index contributed by atoms with van der Waals surface area (Å²) in [6.07, 6.45) is 2.49. The molecule has 1 rings (SSSR count).